The molecule has 0 bridgehead atoms. The van der Waals surface area contributed by atoms with E-state index < -0.39 is 0 Å². The van der Waals surface area contributed by atoms with Crippen molar-refractivity contribution in [3.05, 3.63) is 35.4 Å². The lowest BCUT2D eigenvalue weighted by Crippen LogP contribution is -2.36. The van der Waals surface area contributed by atoms with E-state index in [1.54, 1.807) is 0 Å². The van der Waals surface area contributed by atoms with E-state index >= 15 is 0 Å². The summed E-state index contributed by atoms with van der Waals surface area (Å²) in [7, 11) is 0. The second-order valence-corrected chi connectivity index (χ2v) is 3.90. The molecule has 0 saturated heterocycles. The maximum Gasteiger partial charge on any atom is 0.0754 e. The van der Waals surface area contributed by atoms with Gasteiger partial charge in [0.25, 0.3) is 0 Å². The van der Waals surface area contributed by atoms with Crippen molar-refractivity contribution >= 4 is 0 Å². The normalized spacial score (nSPS) is 14.8. The number of aryl methyl sites for hydroxylation is 1. The molecule has 0 aliphatic heterocycles. The fourth-order valence-electron chi connectivity index (χ4n) is 1.87. The van der Waals surface area contributed by atoms with Gasteiger partial charge in [-0.2, -0.15) is 0 Å². The summed E-state index contributed by atoms with van der Waals surface area (Å²) in [5.74, 6) is 5.60. The second-order valence-electron chi connectivity index (χ2n) is 3.90. The van der Waals surface area contributed by atoms with E-state index in [0.29, 0.717) is 6.61 Å². The number of benzene rings is 1. The number of nitrogens with one attached hydrogen (secondary N) is 1. The van der Waals surface area contributed by atoms with Gasteiger partial charge in [0.2, 0.25) is 0 Å². The van der Waals surface area contributed by atoms with Crippen LogP contribution in [-0.2, 0) is 11.2 Å². The Morgan fingerprint density at radius 1 is 1.38 bits per heavy atom. The Kier molecular flexibility index (Phi) is 5.46. The molecule has 3 N–H and O–H groups in total. The monoisotopic (exact) mass is 222 g/mol. The SMILES string of the molecule is CCOC(C)C(NN)c1cccc(CC)c1. The topological polar surface area (TPSA) is 47.3 Å². The summed E-state index contributed by atoms with van der Waals surface area (Å²) >= 11 is 0. The number of ether oxygens (including phenoxy) is 1. The molecule has 2 unspecified atom stereocenters. The van der Waals surface area contributed by atoms with Crippen LogP contribution in [-0.4, -0.2) is 12.7 Å². The smallest absolute Gasteiger partial charge is 0.0754 e. The van der Waals surface area contributed by atoms with Crippen LogP contribution in [0.3, 0.4) is 0 Å². The van der Waals surface area contributed by atoms with Crippen LogP contribution in [0.15, 0.2) is 24.3 Å². The van der Waals surface area contributed by atoms with Crippen molar-refractivity contribution in [2.24, 2.45) is 5.84 Å². The summed E-state index contributed by atoms with van der Waals surface area (Å²) in [6.07, 6.45) is 1.11. The van der Waals surface area contributed by atoms with Gasteiger partial charge >= 0.3 is 0 Å². The van der Waals surface area contributed by atoms with Crippen molar-refractivity contribution in [1.29, 1.82) is 0 Å². The zero-order chi connectivity index (χ0) is 12.0. The van der Waals surface area contributed by atoms with E-state index in [4.69, 9.17) is 10.6 Å². The molecule has 0 radical (unpaired) electrons. The summed E-state index contributed by atoms with van der Waals surface area (Å²) in [6.45, 7) is 6.88. The number of nitrogens with two attached hydrogens (primary N) is 1. The van der Waals surface area contributed by atoms with Gasteiger partial charge in [-0.05, 0) is 31.4 Å². The lowest BCUT2D eigenvalue weighted by molar-refractivity contribution is 0.0472. The van der Waals surface area contributed by atoms with Crippen molar-refractivity contribution in [1.82, 2.24) is 5.43 Å². The molecule has 0 heterocycles. The Bertz CT molecular complexity index is 315. The quantitative estimate of drug-likeness (QED) is 0.573. The third-order valence-electron chi connectivity index (χ3n) is 2.80. The zero-order valence-electron chi connectivity index (χ0n) is 10.4. The molecule has 0 aliphatic carbocycles. The highest BCUT2D eigenvalue weighted by molar-refractivity contribution is 5.26. The van der Waals surface area contributed by atoms with Crippen LogP contribution in [0.2, 0.25) is 0 Å². The molecule has 3 heteroatoms. The Balaban J connectivity index is 2.85. The van der Waals surface area contributed by atoms with Crippen molar-refractivity contribution in [2.45, 2.75) is 39.3 Å². The van der Waals surface area contributed by atoms with E-state index in [1.165, 1.54) is 11.1 Å². The third-order valence-corrected chi connectivity index (χ3v) is 2.80. The number of hydrogen-bond donors (Lipinski definition) is 2. The number of hydrazine groups is 1. The largest absolute Gasteiger partial charge is 0.377 e. The lowest BCUT2D eigenvalue weighted by Gasteiger charge is -2.23. The maximum absolute atomic E-state index is 5.60. The van der Waals surface area contributed by atoms with Crippen LogP contribution >= 0.6 is 0 Å². The number of rotatable bonds is 6. The van der Waals surface area contributed by atoms with Gasteiger partial charge in [-0.15, -0.1) is 0 Å². The summed E-state index contributed by atoms with van der Waals surface area (Å²) in [6, 6.07) is 8.50. The molecule has 16 heavy (non-hydrogen) atoms. The predicted molar refractivity (Wildman–Crippen MR) is 67.0 cm³/mol. The Labute approximate surface area is 98.0 Å². The summed E-state index contributed by atoms with van der Waals surface area (Å²) in [5, 5.41) is 0. The van der Waals surface area contributed by atoms with Gasteiger partial charge in [0.1, 0.15) is 0 Å². The second kappa shape index (κ2) is 6.63. The van der Waals surface area contributed by atoms with Crippen LogP contribution < -0.4 is 11.3 Å². The number of hydrogen-bond acceptors (Lipinski definition) is 3. The molecule has 0 saturated carbocycles. The molecule has 3 nitrogen and oxygen atoms in total. The van der Waals surface area contributed by atoms with E-state index in [1.807, 2.05) is 13.8 Å². The van der Waals surface area contributed by atoms with E-state index in [9.17, 15) is 0 Å². The van der Waals surface area contributed by atoms with Crippen molar-refractivity contribution < 1.29 is 4.74 Å². The molecule has 0 spiro atoms. The Morgan fingerprint density at radius 3 is 2.69 bits per heavy atom. The standard InChI is InChI=1S/C13H22N2O/c1-4-11-7-6-8-12(9-11)13(15-14)10(3)16-5-2/h6-10,13,15H,4-5,14H2,1-3H3. The van der Waals surface area contributed by atoms with Crippen LogP contribution in [0.4, 0.5) is 0 Å². The minimum absolute atomic E-state index is 0.0476. The first-order chi connectivity index (χ1) is 7.72. The van der Waals surface area contributed by atoms with Gasteiger partial charge in [-0.25, -0.2) is 0 Å². The van der Waals surface area contributed by atoms with Crippen molar-refractivity contribution in [2.75, 3.05) is 6.61 Å². The first kappa shape index (κ1) is 13.2. The minimum Gasteiger partial charge on any atom is -0.377 e. The van der Waals surface area contributed by atoms with E-state index in [2.05, 4.69) is 36.6 Å². The predicted octanol–water partition coefficient (Wildman–Crippen LogP) is 2.18. The minimum atomic E-state index is 0.0476. The molecule has 1 aromatic rings. The van der Waals surface area contributed by atoms with Gasteiger partial charge in [-0.1, -0.05) is 31.2 Å². The third kappa shape index (κ3) is 3.30. The fraction of sp³-hybridized carbons (Fsp3) is 0.538. The van der Waals surface area contributed by atoms with Gasteiger partial charge in [0.15, 0.2) is 0 Å². The van der Waals surface area contributed by atoms with Gasteiger partial charge < -0.3 is 4.74 Å². The highest BCUT2D eigenvalue weighted by atomic mass is 16.5. The highest BCUT2D eigenvalue weighted by Crippen LogP contribution is 2.19. The van der Waals surface area contributed by atoms with E-state index in [-0.39, 0.29) is 12.1 Å². The van der Waals surface area contributed by atoms with Gasteiger partial charge in [-0.3, -0.25) is 11.3 Å². The van der Waals surface area contributed by atoms with Crippen molar-refractivity contribution in [3.63, 3.8) is 0 Å². The van der Waals surface area contributed by atoms with Crippen LogP contribution in [0, 0.1) is 0 Å². The molecule has 0 aromatic heterocycles. The Hall–Kier alpha value is -0.900. The summed E-state index contributed by atoms with van der Waals surface area (Å²) in [4.78, 5) is 0. The molecular weight excluding hydrogens is 200 g/mol. The van der Waals surface area contributed by atoms with E-state index in [0.717, 1.165) is 6.42 Å². The van der Waals surface area contributed by atoms with Crippen LogP contribution in [0.1, 0.15) is 37.9 Å². The molecular formula is C13H22N2O. The molecule has 1 rings (SSSR count). The fourth-order valence-corrected chi connectivity index (χ4v) is 1.87. The lowest BCUT2D eigenvalue weighted by atomic mass is 10.00. The van der Waals surface area contributed by atoms with Gasteiger partial charge in [0, 0.05) is 6.61 Å². The van der Waals surface area contributed by atoms with Gasteiger partial charge in [0.05, 0.1) is 12.1 Å². The average Bonchev–Trinajstić information content (AvgIpc) is 2.31. The summed E-state index contributed by atoms with van der Waals surface area (Å²) < 4.78 is 5.58. The Morgan fingerprint density at radius 2 is 2.12 bits per heavy atom. The molecule has 2 atom stereocenters. The first-order valence-corrected chi connectivity index (χ1v) is 5.89. The van der Waals surface area contributed by atoms with Crippen molar-refractivity contribution in [3.8, 4) is 0 Å². The van der Waals surface area contributed by atoms with Crippen LogP contribution in [0.5, 0.6) is 0 Å². The molecule has 90 valence electrons. The summed E-state index contributed by atoms with van der Waals surface area (Å²) in [5.41, 5.74) is 5.33. The molecule has 0 aliphatic rings. The molecule has 0 amide bonds. The average molecular weight is 222 g/mol. The molecule has 1 aromatic carbocycles. The molecule has 0 fully saturated rings. The maximum atomic E-state index is 5.60. The zero-order valence-corrected chi connectivity index (χ0v) is 10.4. The first-order valence-electron chi connectivity index (χ1n) is 5.89. The van der Waals surface area contributed by atoms with Crippen LogP contribution in [0.25, 0.3) is 0 Å². The highest BCUT2D eigenvalue weighted by Gasteiger charge is 2.17.